The van der Waals surface area contributed by atoms with Gasteiger partial charge >= 0.3 is 0 Å². The van der Waals surface area contributed by atoms with E-state index in [0.29, 0.717) is 36.6 Å². The van der Waals surface area contributed by atoms with E-state index in [2.05, 4.69) is 48.3 Å². The van der Waals surface area contributed by atoms with E-state index in [1.165, 1.54) is 5.56 Å². The molecule has 0 aromatic heterocycles. The Morgan fingerprint density at radius 2 is 1.89 bits per heavy atom. The standard InChI is InChI=1S/C28H39N3O4/c1-6-27(32)29-23-12-13-25-24(16-23)28(33)30(4)18-26(34-5)20(2)17-31(21(3)19-35-25)15-14-22-10-8-7-9-11-22/h7-13,16,20-21,26H,6,14-15,17-19H2,1-5H3,(H,29,32)/t20-,21+,26+/m0/s1. The van der Waals surface area contributed by atoms with Gasteiger partial charge in [-0.25, -0.2) is 0 Å². The summed E-state index contributed by atoms with van der Waals surface area (Å²) < 4.78 is 12.1. The number of methoxy groups -OCH3 is 1. The molecular formula is C28H39N3O4. The van der Waals surface area contributed by atoms with E-state index >= 15 is 0 Å². The highest BCUT2D eigenvalue weighted by molar-refractivity contribution is 5.99. The van der Waals surface area contributed by atoms with Crippen molar-refractivity contribution in [1.29, 1.82) is 0 Å². The number of likely N-dealkylation sites (N-methyl/N-ethyl adjacent to an activating group) is 1. The Morgan fingerprint density at radius 3 is 2.57 bits per heavy atom. The third-order valence-electron chi connectivity index (χ3n) is 6.71. The lowest BCUT2D eigenvalue weighted by Gasteiger charge is -2.36. The second kappa shape index (κ2) is 12.7. The van der Waals surface area contributed by atoms with Gasteiger partial charge in [0, 0.05) is 51.9 Å². The fourth-order valence-corrected chi connectivity index (χ4v) is 4.41. The van der Waals surface area contributed by atoms with E-state index in [1.807, 2.05) is 6.07 Å². The zero-order chi connectivity index (χ0) is 25.4. The molecule has 2 aromatic carbocycles. The van der Waals surface area contributed by atoms with Crippen LogP contribution in [0.2, 0.25) is 0 Å². The summed E-state index contributed by atoms with van der Waals surface area (Å²) in [6.07, 6.45) is 1.21. The van der Waals surface area contributed by atoms with Gasteiger partial charge in [0.15, 0.2) is 0 Å². The molecule has 2 amide bonds. The fourth-order valence-electron chi connectivity index (χ4n) is 4.41. The van der Waals surface area contributed by atoms with Gasteiger partial charge in [-0.2, -0.15) is 0 Å². The second-order valence-corrected chi connectivity index (χ2v) is 9.44. The number of hydrogen-bond donors (Lipinski definition) is 1. The molecule has 1 heterocycles. The van der Waals surface area contributed by atoms with Gasteiger partial charge in [-0.15, -0.1) is 0 Å². The molecule has 0 unspecified atom stereocenters. The molecule has 1 aliphatic rings. The van der Waals surface area contributed by atoms with Crippen LogP contribution >= 0.6 is 0 Å². The van der Waals surface area contributed by atoms with Crippen LogP contribution in [-0.2, 0) is 16.0 Å². The van der Waals surface area contributed by atoms with E-state index in [-0.39, 0.29) is 29.9 Å². The van der Waals surface area contributed by atoms with Crippen LogP contribution in [0.4, 0.5) is 5.69 Å². The Hall–Kier alpha value is -2.90. The third kappa shape index (κ3) is 7.29. The number of ether oxygens (including phenoxy) is 2. The summed E-state index contributed by atoms with van der Waals surface area (Å²) in [6.45, 7) is 8.78. The molecule has 0 saturated heterocycles. The average Bonchev–Trinajstić information content (AvgIpc) is 2.87. The lowest BCUT2D eigenvalue weighted by atomic mass is 10.0. The lowest BCUT2D eigenvalue weighted by molar-refractivity contribution is -0.115. The van der Waals surface area contributed by atoms with Gasteiger partial charge in [-0.3, -0.25) is 14.5 Å². The molecule has 1 aliphatic heterocycles. The molecule has 190 valence electrons. The molecule has 0 fully saturated rings. The van der Waals surface area contributed by atoms with Gasteiger partial charge in [0.2, 0.25) is 5.91 Å². The average molecular weight is 482 g/mol. The molecule has 1 N–H and O–H groups in total. The molecule has 3 atom stereocenters. The predicted molar refractivity (Wildman–Crippen MR) is 139 cm³/mol. The number of carbonyl (C=O) groups is 2. The summed E-state index contributed by atoms with van der Waals surface area (Å²) in [5, 5.41) is 2.84. The normalized spacial score (nSPS) is 21.9. The van der Waals surface area contributed by atoms with Gasteiger partial charge in [0.25, 0.3) is 5.91 Å². The van der Waals surface area contributed by atoms with E-state index in [9.17, 15) is 9.59 Å². The Bertz CT molecular complexity index is 981. The number of amides is 2. The molecule has 35 heavy (non-hydrogen) atoms. The maximum absolute atomic E-state index is 13.4. The number of fused-ring (bicyclic) bond motifs is 1. The molecule has 2 aromatic rings. The monoisotopic (exact) mass is 481 g/mol. The summed E-state index contributed by atoms with van der Waals surface area (Å²) in [6, 6.07) is 15.9. The Kier molecular flexibility index (Phi) is 9.69. The zero-order valence-electron chi connectivity index (χ0n) is 21.6. The van der Waals surface area contributed by atoms with Gasteiger partial charge in [-0.1, -0.05) is 44.2 Å². The van der Waals surface area contributed by atoms with Gasteiger partial charge in [-0.05, 0) is 43.0 Å². The quantitative estimate of drug-likeness (QED) is 0.673. The number of hydrogen-bond acceptors (Lipinski definition) is 5. The van der Waals surface area contributed by atoms with E-state index in [4.69, 9.17) is 9.47 Å². The first-order chi connectivity index (χ1) is 16.8. The molecule has 0 bridgehead atoms. The highest BCUT2D eigenvalue weighted by Crippen LogP contribution is 2.26. The van der Waals surface area contributed by atoms with Crippen molar-refractivity contribution < 1.29 is 19.1 Å². The van der Waals surface area contributed by atoms with Gasteiger partial charge < -0.3 is 19.7 Å². The summed E-state index contributed by atoms with van der Waals surface area (Å²) in [5.41, 5.74) is 2.33. The molecule has 7 heteroatoms. The maximum atomic E-state index is 13.4. The Labute approximate surface area is 209 Å². The zero-order valence-corrected chi connectivity index (χ0v) is 21.6. The first kappa shape index (κ1) is 26.7. The molecule has 0 radical (unpaired) electrons. The van der Waals surface area contributed by atoms with Crippen LogP contribution in [0.1, 0.15) is 43.1 Å². The van der Waals surface area contributed by atoms with Crippen LogP contribution < -0.4 is 10.1 Å². The third-order valence-corrected chi connectivity index (χ3v) is 6.71. The van der Waals surface area contributed by atoms with Crippen LogP contribution in [0.3, 0.4) is 0 Å². The minimum atomic E-state index is -0.156. The van der Waals surface area contributed by atoms with Crippen molar-refractivity contribution in [3.63, 3.8) is 0 Å². The van der Waals surface area contributed by atoms with E-state index in [1.54, 1.807) is 44.2 Å². The van der Waals surface area contributed by atoms with Crippen molar-refractivity contribution >= 4 is 17.5 Å². The minimum Gasteiger partial charge on any atom is -0.491 e. The fraction of sp³-hybridized carbons (Fsp3) is 0.500. The summed E-state index contributed by atoms with van der Waals surface area (Å²) in [7, 11) is 3.49. The van der Waals surface area contributed by atoms with Crippen molar-refractivity contribution in [3.05, 3.63) is 59.7 Å². The van der Waals surface area contributed by atoms with E-state index < -0.39 is 0 Å². The summed E-state index contributed by atoms with van der Waals surface area (Å²) >= 11 is 0. The largest absolute Gasteiger partial charge is 0.491 e. The first-order valence-corrected chi connectivity index (χ1v) is 12.4. The van der Waals surface area contributed by atoms with Crippen LogP contribution in [0.5, 0.6) is 5.75 Å². The SMILES string of the molecule is CCC(=O)Nc1ccc2c(c1)C(=O)N(C)C[C@@H](OC)[C@@H](C)CN(CCc1ccccc1)[C@H](C)CO2. The Balaban J connectivity index is 1.88. The van der Waals surface area contributed by atoms with Crippen molar-refractivity contribution in [1.82, 2.24) is 9.80 Å². The number of carbonyl (C=O) groups excluding carboxylic acids is 2. The van der Waals surface area contributed by atoms with Crippen molar-refractivity contribution in [2.75, 3.05) is 45.7 Å². The predicted octanol–water partition coefficient (Wildman–Crippen LogP) is 4.08. The first-order valence-electron chi connectivity index (χ1n) is 12.4. The summed E-state index contributed by atoms with van der Waals surface area (Å²) in [4.78, 5) is 29.4. The molecule has 0 aliphatic carbocycles. The minimum absolute atomic E-state index is 0.101. The number of nitrogens with zero attached hydrogens (tertiary/aromatic N) is 2. The maximum Gasteiger partial charge on any atom is 0.257 e. The summed E-state index contributed by atoms with van der Waals surface area (Å²) in [5.74, 6) is 0.475. The smallest absolute Gasteiger partial charge is 0.257 e. The van der Waals surface area contributed by atoms with E-state index in [0.717, 1.165) is 19.5 Å². The van der Waals surface area contributed by atoms with Gasteiger partial charge in [0.05, 0.1) is 11.7 Å². The van der Waals surface area contributed by atoms with Crippen LogP contribution in [-0.4, -0.2) is 74.2 Å². The molecule has 3 rings (SSSR count). The molecule has 0 saturated carbocycles. The lowest BCUT2D eigenvalue weighted by Crippen LogP contribution is -2.47. The highest BCUT2D eigenvalue weighted by atomic mass is 16.5. The van der Waals surface area contributed by atoms with Crippen molar-refractivity contribution in [2.45, 2.75) is 45.8 Å². The molecular weight excluding hydrogens is 442 g/mol. The van der Waals surface area contributed by atoms with Crippen molar-refractivity contribution in [2.24, 2.45) is 5.92 Å². The number of benzene rings is 2. The number of anilines is 1. The van der Waals surface area contributed by atoms with Crippen molar-refractivity contribution in [3.8, 4) is 5.75 Å². The molecule has 7 nitrogen and oxygen atoms in total. The van der Waals surface area contributed by atoms with Crippen LogP contribution in [0.15, 0.2) is 48.5 Å². The topological polar surface area (TPSA) is 71.1 Å². The highest BCUT2D eigenvalue weighted by Gasteiger charge is 2.28. The number of nitrogens with one attached hydrogen (secondary N) is 1. The Morgan fingerprint density at radius 1 is 1.14 bits per heavy atom. The second-order valence-electron chi connectivity index (χ2n) is 9.44. The van der Waals surface area contributed by atoms with Crippen LogP contribution in [0, 0.1) is 5.92 Å². The van der Waals surface area contributed by atoms with Gasteiger partial charge in [0.1, 0.15) is 12.4 Å². The molecule has 0 spiro atoms. The van der Waals surface area contributed by atoms with Crippen LogP contribution in [0.25, 0.3) is 0 Å². The number of rotatable bonds is 6.